The lowest BCUT2D eigenvalue weighted by Crippen LogP contribution is -2.34. The molecule has 0 aromatic heterocycles. The summed E-state index contributed by atoms with van der Waals surface area (Å²) in [7, 11) is 0. The Balaban J connectivity index is 2.04. The quantitative estimate of drug-likeness (QED) is 0.853. The average Bonchev–Trinajstić information content (AvgIpc) is 2.95. The average molecular weight is 334 g/mol. The van der Waals surface area contributed by atoms with Crippen LogP contribution in [0.2, 0.25) is 0 Å². The maximum Gasteiger partial charge on any atom is 0.418 e. The minimum absolute atomic E-state index is 0.177. The number of alkyl halides is 3. The van der Waals surface area contributed by atoms with E-state index in [1.165, 1.54) is 4.90 Å². The Hall–Kier alpha value is -1.83. The van der Waals surface area contributed by atoms with Crippen molar-refractivity contribution in [3.05, 3.63) is 29.6 Å². The van der Waals surface area contributed by atoms with Crippen LogP contribution in [0.4, 0.5) is 28.0 Å². The zero-order chi connectivity index (χ0) is 17.0. The summed E-state index contributed by atoms with van der Waals surface area (Å²) in [4.78, 5) is 13.5. The molecule has 1 aromatic carbocycles. The van der Waals surface area contributed by atoms with Crippen molar-refractivity contribution in [2.75, 3.05) is 31.6 Å². The molecule has 1 aliphatic rings. The number of nitrogens with one attached hydrogen (secondary N) is 1. The molecule has 0 saturated carbocycles. The molecule has 1 heterocycles. The molecular weight excluding hydrogens is 316 g/mol. The predicted molar refractivity (Wildman–Crippen MR) is 76.6 cm³/mol. The molecular formula is C15H18F4N2O2. The van der Waals surface area contributed by atoms with Gasteiger partial charge in [-0.15, -0.1) is 0 Å². The molecule has 1 atom stereocenters. The van der Waals surface area contributed by atoms with Crippen molar-refractivity contribution in [3.63, 3.8) is 0 Å². The molecule has 1 saturated heterocycles. The highest BCUT2D eigenvalue weighted by atomic mass is 19.4. The van der Waals surface area contributed by atoms with Crippen LogP contribution in [-0.4, -0.2) is 37.2 Å². The number of rotatable bonds is 4. The number of hydrogen-bond acceptors (Lipinski definition) is 2. The molecule has 23 heavy (non-hydrogen) atoms. The van der Waals surface area contributed by atoms with E-state index in [1.54, 1.807) is 0 Å². The molecule has 4 nitrogen and oxygen atoms in total. The molecule has 0 spiro atoms. The molecule has 2 amide bonds. The smallest absolute Gasteiger partial charge is 0.381 e. The first-order valence-electron chi connectivity index (χ1n) is 7.31. The Morgan fingerprint density at radius 2 is 2.17 bits per heavy atom. The third kappa shape index (κ3) is 4.57. The van der Waals surface area contributed by atoms with Crippen LogP contribution >= 0.6 is 0 Å². The molecule has 1 fully saturated rings. The van der Waals surface area contributed by atoms with Crippen LogP contribution < -0.4 is 5.32 Å². The third-order valence-electron chi connectivity index (χ3n) is 3.66. The number of benzene rings is 1. The van der Waals surface area contributed by atoms with Crippen molar-refractivity contribution in [1.29, 1.82) is 0 Å². The van der Waals surface area contributed by atoms with Crippen LogP contribution in [-0.2, 0) is 10.9 Å². The maximum atomic E-state index is 13.0. The Labute approximate surface area is 131 Å². The minimum atomic E-state index is -4.74. The van der Waals surface area contributed by atoms with Gasteiger partial charge in [0.05, 0.1) is 17.9 Å². The van der Waals surface area contributed by atoms with Gasteiger partial charge in [-0.2, -0.15) is 13.2 Å². The number of halogens is 4. The fraction of sp³-hybridized carbons (Fsp3) is 0.533. The van der Waals surface area contributed by atoms with Crippen molar-refractivity contribution in [2.24, 2.45) is 5.92 Å². The molecule has 1 aliphatic heterocycles. The van der Waals surface area contributed by atoms with E-state index < -0.39 is 29.3 Å². The number of nitrogens with zero attached hydrogens (tertiary/aromatic N) is 1. The zero-order valence-corrected chi connectivity index (χ0v) is 12.6. The van der Waals surface area contributed by atoms with Gasteiger partial charge in [-0.25, -0.2) is 9.18 Å². The van der Waals surface area contributed by atoms with Gasteiger partial charge in [-0.05, 0) is 31.5 Å². The summed E-state index contributed by atoms with van der Waals surface area (Å²) >= 11 is 0. The molecule has 0 radical (unpaired) electrons. The second-order valence-corrected chi connectivity index (χ2v) is 5.38. The number of hydrogen-bond donors (Lipinski definition) is 1. The van der Waals surface area contributed by atoms with Gasteiger partial charge in [-0.1, -0.05) is 0 Å². The highest BCUT2D eigenvalue weighted by Gasteiger charge is 2.35. The third-order valence-corrected chi connectivity index (χ3v) is 3.66. The Morgan fingerprint density at radius 3 is 2.83 bits per heavy atom. The zero-order valence-electron chi connectivity index (χ0n) is 12.6. The van der Waals surface area contributed by atoms with Gasteiger partial charge in [0.1, 0.15) is 5.82 Å². The topological polar surface area (TPSA) is 41.6 Å². The summed E-state index contributed by atoms with van der Waals surface area (Å²) in [5.41, 5.74) is -1.65. The largest absolute Gasteiger partial charge is 0.418 e. The molecule has 2 rings (SSSR count). The predicted octanol–water partition coefficient (Wildman–Crippen LogP) is 3.73. The van der Waals surface area contributed by atoms with Crippen molar-refractivity contribution in [3.8, 4) is 0 Å². The second kappa shape index (κ2) is 7.16. The normalized spacial score (nSPS) is 18.3. The van der Waals surface area contributed by atoms with Crippen LogP contribution in [0.5, 0.6) is 0 Å². The number of amides is 2. The van der Waals surface area contributed by atoms with Crippen LogP contribution in [0.15, 0.2) is 18.2 Å². The van der Waals surface area contributed by atoms with Gasteiger partial charge >= 0.3 is 12.2 Å². The van der Waals surface area contributed by atoms with E-state index in [9.17, 15) is 22.4 Å². The van der Waals surface area contributed by atoms with E-state index >= 15 is 0 Å². The summed E-state index contributed by atoms with van der Waals surface area (Å²) in [6.45, 7) is 3.84. The van der Waals surface area contributed by atoms with Gasteiger partial charge in [-0.3, -0.25) is 0 Å². The Morgan fingerprint density at radius 1 is 1.43 bits per heavy atom. The number of ether oxygens (including phenoxy) is 1. The lowest BCUT2D eigenvalue weighted by Gasteiger charge is -2.19. The molecule has 0 aliphatic carbocycles. The van der Waals surface area contributed by atoms with E-state index in [-0.39, 0.29) is 5.92 Å². The summed E-state index contributed by atoms with van der Waals surface area (Å²) < 4.78 is 57.1. The van der Waals surface area contributed by atoms with Crippen LogP contribution in [0.25, 0.3) is 0 Å². The van der Waals surface area contributed by atoms with E-state index in [0.717, 1.165) is 18.6 Å². The fourth-order valence-corrected chi connectivity index (χ4v) is 2.49. The maximum absolute atomic E-state index is 13.0. The SMILES string of the molecule is CCOC[C@@H]1CCN(C(=O)Nc2ccc(F)cc2C(F)(F)F)C1. The first kappa shape index (κ1) is 17.5. The van der Waals surface area contributed by atoms with Gasteiger partial charge in [0.2, 0.25) is 0 Å². The lowest BCUT2D eigenvalue weighted by atomic mass is 10.1. The van der Waals surface area contributed by atoms with E-state index in [0.29, 0.717) is 32.4 Å². The number of urea groups is 1. The second-order valence-electron chi connectivity index (χ2n) is 5.38. The first-order valence-corrected chi connectivity index (χ1v) is 7.31. The Bertz CT molecular complexity index is 563. The summed E-state index contributed by atoms with van der Waals surface area (Å²) in [6, 6.07) is 1.55. The van der Waals surface area contributed by atoms with Crippen molar-refractivity contribution in [2.45, 2.75) is 19.5 Å². The summed E-state index contributed by atoms with van der Waals surface area (Å²) in [5.74, 6) is -0.829. The van der Waals surface area contributed by atoms with Crippen molar-refractivity contribution in [1.82, 2.24) is 4.90 Å². The number of carbonyl (C=O) groups is 1. The highest BCUT2D eigenvalue weighted by Crippen LogP contribution is 2.35. The molecule has 0 bridgehead atoms. The number of carbonyl (C=O) groups excluding carboxylic acids is 1. The van der Waals surface area contributed by atoms with E-state index in [4.69, 9.17) is 4.74 Å². The van der Waals surface area contributed by atoms with Gasteiger partial charge < -0.3 is 15.0 Å². The fourth-order valence-electron chi connectivity index (χ4n) is 2.49. The molecule has 128 valence electrons. The van der Waals surface area contributed by atoms with E-state index in [1.807, 2.05) is 6.92 Å². The van der Waals surface area contributed by atoms with Crippen LogP contribution in [0, 0.1) is 11.7 Å². The number of likely N-dealkylation sites (tertiary alicyclic amines) is 1. The van der Waals surface area contributed by atoms with Crippen LogP contribution in [0.3, 0.4) is 0 Å². The first-order chi connectivity index (χ1) is 10.8. The molecule has 8 heteroatoms. The summed E-state index contributed by atoms with van der Waals surface area (Å²) in [5, 5.41) is 2.22. The number of anilines is 1. The lowest BCUT2D eigenvalue weighted by molar-refractivity contribution is -0.137. The Kier molecular flexibility index (Phi) is 5.46. The minimum Gasteiger partial charge on any atom is -0.381 e. The molecule has 1 N–H and O–H groups in total. The molecule has 0 unspecified atom stereocenters. The standard InChI is InChI=1S/C15H18F4N2O2/c1-2-23-9-10-5-6-21(8-10)14(22)20-13-4-3-11(16)7-12(13)15(17,18)19/h3-4,7,10H,2,5-6,8-9H2,1H3,(H,20,22)/t10-/m1/s1. The van der Waals surface area contributed by atoms with Gasteiger partial charge in [0, 0.05) is 25.6 Å². The molecule has 1 aromatic rings. The van der Waals surface area contributed by atoms with Crippen molar-refractivity contribution < 1.29 is 27.1 Å². The van der Waals surface area contributed by atoms with Gasteiger partial charge in [0.15, 0.2) is 0 Å². The van der Waals surface area contributed by atoms with E-state index in [2.05, 4.69) is 5.32 Å². The van der Waals surface area contributed by atoms with Crippen molar-refractivity contribution >= 4 is 11.7 Å². The van der Waals surface area contributed by atoms with Gasteiger partial charge in [0.25, 0.3) is 0 Å². The van der Waals surface area contributed by atoms with Crippen LogP contribution in [0.1, 0.15) is 18.9 Å². The highest BCUT2D eigenvalue weighted by molar-refractivity contribution is 5.90. The summed E-state index contributed by atoms with van der Waals surface area (Å²) in [6.07, 6.45) is -4.00. The monoisotopic (exact) mass is 334 g/mol.